The Bertz CT molecular complexity index is 611. The summed E-state index contributed by atoms with van der Waals surface area (Å²) in [5.74, 6) is 1.61. The van der Waals surface area contributed by atoms with Crippen molar-refractivity contribution in [2.75, 3.05) is 13.1 Å². The largest absolute Gasteiger partial charge is 0.489 e. The van der Waals surface area contributed by atoms with E-state index in [-0.39, 0.29) is 6.10 Å². The number of rotatable bonds is 7. The number of benzene rings is 1. The molecule has 6 nitrogen and oxygen atoms in total. The Balaban J connectivity index is 1.83. The predicted octanol–water partition coefficient (Wildman–Crippen LogP) is 2.51. The zero-order valence-corrected chi connectivity index (χ0v) is 13.9. The van der Waals surface area contributed by atoms with Gasteiger partial charge < -0.3 is 19.9 Å². The van der Waals surface area contributed by atoms with Gasteiger partial charge in [0.1, 0.15) is 23.8 Å². The molecule has 2 aromatic rings. The third-order valence-corrected chi connectivity index (χ3v) is 3.12. The SMILES string of the molecule is CCNC(=NCc1ccon1)NCC(C)Oc1cccc(C)c1. The van der Waals surface area contributed by atoms with Crippen LogP contribution in [0.2, 0.25) is 0 Å². The first-order valence-electron chi connectivity index (χ1n) is 7.82. The molecule has 1 unspecified atom stereocenters. The number of guanidine groups is 1. The highest BCUT2D eigenvalue weighted by Crippen LogP contribution is 2.13. The number of ether oxygens (including phenoxy) is 1. The number of nitrogens with zero attached hydrogens (tertiary/aromatic N) is 2. The lowest BCUT2D eigenvalue weighted by Gasteiger charge is -2.17. The molecule has 1 heterocycles. The van der Waals surface area contributed by atoms with Crippen molar-refractivity contribution in [2.24, 2.45) is 4.99 Å². The van der Waals surface area contributed by atoms with Gasteiger partial charge >= 0.3 is 0 Å². The van der Waals surface area contributed by atoms with E-state index < -0.39 is 0 Å². The van der Waals surface area contributed by atoms with Crippen LogP contribution in [0.3, 0.4) is 0 Å². The molecule has 0 amide bonds. The number of aromatic nitrogens is 1. The summed E-state index contributed by atoms with van der Waals surface area (Å²) in [5.41, 5.74) is 1.98. The van der Waals surface area contributed by atoms with Crippen LogP contribution in [0, 0.1) is 6.92 Å². The monoisotopic (exact) mass is 316 g/mol. The lowest BCUT2D eigenvalue weighted by Crippen LogP contribution is -2.41. The molecule has 0 aliphatic rings. The van der Waals surface area contributed by atoms with Crippen LogP contribution in [-0.2, 0) is 6.54 Å². The molecule has 0 saturated heterocycles. The second kappa shape index (κ2) is 8.82. The van der Waals surface area contributed by atoms with Crippen molar-refractivity contribution in [1.29, 1.82) is 0 Å². The summed E-state index contributed by atoms with van der Waals surface area (Å²) in [5, 5.41) is 10.3. The summed E-state index contributed by atoms with van der Waals surface area (Å²) in [7, 11) is 0. The molecule has 0 aliphatic carbocycles. The maximum absolute atomic E-state index is 5.90. The molecule has 124 valence electrons. The molecule has 1 aromatic carbocycles. The van der Waals surface area contributed by atoms with Crippen LogP contribution in [0.4, 0.5) is 0 Å². The quantitative estimate of drug-likeness (QED) is 0.606. The minimum atomic E-state index is 0.0210. The van der Waals surface area contributed by atoms with E-state index in [1.54, 1.807) is 12.3 Å². The van der Waals surface area contributed by atoms with E-state index >= 15 is 0 Å². The topological polar surface area (TPSA) is 71.7 Å². The minimum Gasteiger partial charge on any atom is -0.489 e. The summed E-state index contributed by atoms with van der Waals surface area (Å²) >= 11 is 0. The number of aliphatic imine (C=N–C) groups is 1. The second-order valence-electron chi connectivity index (χ2n) is 5.31. The molecule has 0 saturated carbocycles. The zero-order valence-electron chi connectivity index (χ0n) is 13.9. The Morgan fingerprint density at radius 1 is 1.35 bits per heavy atom. The molecular weight excluding hydrogens is 292 g/mol. The molecule has 6 heteroatoms. The van der Waals surface area contributed by atoms with Crippen molar-refractivity contribution >= 4 is 5.96 Å². The average Bonchev–Trinajstić information content (AvgIpc) is 3.03. The maximum Gasteiger partial charge on any atom is 0.191 e. The number of nitrogens with one attached hydrogen (secondary N) is 2. The molecule has 2 rings (SSSR count). The van der Waals surface area contributed by atoms with E-state index in [2.05, 4.69) is 33.8 Å². The summed E-state index contributed by atoms with van der Waals surface area (Å²) in [4.78, 5) is 4.47. The van der Waals surface area contributed by atoms with Gasteiger partial charge in [0.2, 0.25) is 0 Å². The fourth-order valence-electron chi connectivity index (χ4n) is 2.02. The molecular formula is C17H24N4O2. The Morgan fingerprint density at radius 2 is 2.22 bits per heavy atom. The van der Waals surface area contributed by atoms with Crippen molar-refractivity contribution in [1.82, 2.24) is 15.8 Å². The maximum atomic E-state index is 5.90. The van der Waals surface area contributed by atoms with E-state index in [1.165, 1.54) is 5.56 Å². The summed E-state index contributed by atoms with van der Waals surface area (Å²) in [6.45, 7) is 8.02. The van der Waals surface area contributed by atoms with Gasteiger partial charge in [-0.2, -0.15) is 0 Å². The van der Waals surface area contributed by atoms with Gasteiger partial charge in [0, 0.05) is 12.6 Å². The fraction of sp³-hybridized carbons (Fsp3) is 0.412. The number of aryl methyl sites for hydroxylation is 1. The van der Waals surface area contributed by atoms with Crippen molar-refractivity contribution in [3.63, 3.8) is 0 Å². The molecule has 0 bridgehead atoms. The molecule has 0 aliphatic heterocycles. The van der Waals surface area contributed by atoms with Crippen molar-refractivity contribution < 1.29 is 9.26 Å². The minimum absolute atomic E-state index is 0.0210. The van der Waals surface area contributed by atoms with E-state index in [4.69, 9.17) is 9.26 Å². The lowest BCUT2D eigenvalue weighted by molar-refractivity contribution is 0.223. The molecule has 0 fully saturated rings. The fourth-order valence-corrected chi connectivity index (χ4v) is 2.02. The standard InChI is InChI=1S/C17H24N4O2/c1-4-18-17(20-12-15-8-9-22-21-15)19-11-14(3)23-16-7-5-6-13(2)10-16/h5-10,14H,4,11-12H2,1-3H3,(H2,18,19,20). The molecule has 2 N–H and O–H groups in total. The zero-order chi connectivity index (χ0) is 16.5. The van der Waals surface area contributed by atoms with Crippen LogP contribution in [0.15, 0.2) is 46.1 Å². The van der Waals surface area contributed by atoms with Gasteiger partial charge in [-0.05, 0) is 38.5 Å². The van der Waals surface area contributed by atoms with Crippen molar-refractivity contribution in [3.8, 4) is 5.75 Å². The van der Waals surface area contributed by atoms with Gasteiger partial charge in [-0.1, -0.05) is 17.3 Å². The number of hydrogen-bond donors (Lipinski definition) is 2. The van der Waals surface area contributed by atoms with Crippen LogP contribution in [0.5, 0.6) is 5.75 Å². The predicted molar refractivity (Wildman–Crippen MR) is 90.6 cm³/mol. The van der Waals surface area contributed by atoms with Gasteiger partial charge in [-0.25, -0.2) is 4.99 Å². The third kappa shape index (κ3) is 6.02. The third-order valence-electron chi connectivity index (χ3n) is 3.12. The highest BCUT2D eigenvalue weighted by molar-refractivity contribution is 5.79. The summed E-state index contributed by atoms with van der Waals surface area (Å²) in [6, 6.07) is 9.84. The van der Waals surface area contributed by atoms with E-state index in [0.717, 1.165) is 23.9 Å². The molecule has 1 aromatic heterocycles. The Kier molecular flexibility index (Phi) is 6.47. The normalized spacial score (nSPS) is 12.7. The first kappa shape index (κ1) is 16.9. The molecule has 0 radical (unpaired) electrons. The molecule has 1 atom stereocenters. The van der Waals surface area contributed by atoms with Crippen molar-refractivity contribution in [2.45, 2.75) is 33.4 Å². The van der Waals surface area contributed by atoms with Crippen LogP contribution < -0.4 is 15.4 Å². The summed E-state index contributed by atoms with van der Waals surface area (Å²) < 4.78 is 10.7. The average molecular weight is 316 g/mol. The van der Waals surface area contributed by atoms with Gasteiger partial charge in [0.25, 0.3) is 0 Å². The highest BCUT2D eigenvalue weighted by atomic mass is 16.5. The first-order valence-corrected chi connectivity index (χ1v) is 7.82. The Morgan fingerprint density at radius 3 is 2.91 bits per heavy atom. The molecule has 0 spiro atoms. The first-order chi connectivity index (χ1) is 11.2. The van der Waals surface area contributed by atoms with E-state index in [1.807, 2.05) is 32.0 Å². The van der Waals surface area contributed by atoms with Crippen LogP contribution in [0.1, 0.15) is 25.1 Å². The number of hydrogen-bond acceptors (Lipinski definition) is 4. The Labute approximate surface area is 136 Å². The van der Waals surface area contributed by atoms with Gasteiger partial charge in [-0.3, -0.25) is 0 Å². The van der Waals surface area contributed by atoms with Gasteiger partial charge in [-0.15, -0.1) is 0 Å². The van der Waals surface area contributed by atoms with Crippen LogP contribution in [-0.4, -0.2) is 30.3 Å². The summed E-state index contributed by atoms with van der Waals surface area (Å²) in [6.07, 6.45) is 1.57. The second-order valence-corrected chi connectivity index (χ2v) is 5.31. The van der Waals surface area contributed by atoms with E-state index in [9.17, 15) is 0 Å². The smallest absolute Gasteiger partial charge is 0.191 e. The van der Waals surface area contributed by atoms with Crippen LogP contribution in [0.25, 0.3) is 0 Å². The Hall–Kier alpha value is -2.50. The van der Waals surface area contributed by atoms with Gasteiger partial charge in [0.15, 0.2) is 5.96 Å². The van der Waals surface area contributed by atoms with E-state index in [0.29, 0.717) is 13.1 Å². The lowest BCUT2D eigenvalue weighted by atomic mass is 10.2. The van der Waals surface area contributed by atoms with Crippen molar-refractivity contribution in [3.05, 3.63) is 47.9 Å². The van der Waals surface area contributed by atoms with Gasteiger partial charge in [0.05, 0.1) is 13.1 Å². The molecule has 23 heavy (non-hydrogen) atoms. The highest BCUT2D eigenvalue weighted by Gasteiger charge is 2.06. The van der Waals surface area contributed by atoms with Crippen LogP contribution >= 0.6 is 0 Å².